The summed E-state index contributed by atoms with van der Waals surface area (Å²) < 4.78 is 0. The summed E-state index contributed by atoms with van der Waals surface area (Å²) in [5, 5.41) is 0. The van der Waals surface area contributed by atoms with Gasteiger partial charge in [0.05, 0.1) is 0 Å². The molecule has 0 radical (unpaired) electrons. The molecule has 1 aliphatic heterocycles. The fraction of sp³-hybridized carbons (Fsp3) is 0.727. The topological polar surface area (TPSA) is 71.2 Å². The monoisotopic (exact) mass is 236 g/mol. The van der Waals surface area contributed by atoms with Gasteiger partial charge in [-0.05, 0) is 21.0 Å². The molecule has 1 aromatic rings. The summed E-state index contributed by atoms with van der Waals surface area (Å²) in [6, 6.07) is 0.454. The fourth-order valence-electron chi connectivity index (χ4n) is 2.18. The molecule has 0 aliphatic carbocycles. The molecule has 1 atom stereocenters. The van der Waals surface area contributed by atoms with Crippen molar-refractivity contribution in [1.82, 2.24) is 24.8 Å². The van der Waals surface area contributed by atoms with E-state index in [4.69, 9.17) is 5.73 Å². The molecule has 2 heterocycles. The lowest BCUT2D eigenvalue weighted by Gasteiger charge is -2.37. The molecule has 0 bridgehead atoms. The minimum atomic E-state index is 0.319. The molecule has 0 aromatic carbocycles. The molecular formula is C11H20N6. The van der Waals surface area contributed by atoms with Crippen LogP contribution in [-0.2, 0) is 6.42 Å². The van der Waals surface area contributed by atoms with Gasteiger partial charge in [-0.3, -0.25) is 0 Å². The van der Waals surface area contributed by atoms with Gasteiger partial charge in [0.15, 0.2) is 0 Å². The van der Waals surface area contributed by atoms with Crippen LogP contribution in [0.2, 0.25) is 0 Å². The van der Waals surface area contributed by atoms with Crippen LogP contribution in [0.4, 0.5) is 5.95 Å². The van der Waals surface area contributed by atoms with Crippen molar-refractivity contribution in [2.24, 2.45) is 0 Å². The van der Waals surface area contributed by atoms with Gasteiger partial charge in [-0.1, -0.05) is 0 Å². The maximum Gasteiger partial charge on any atom is 0.223 e. The number of nitrogens with zero attached hydrogens (tertiary/aromatic N) is 5. The van der Waals surface area contributed by atoms with Crippen LogP contribution >= 0.6 is 0 Å². The minimum Gasteiger partial charge on any atom is -0.368 e. The summed E-state index contributed by atoms with van der Waals surface area (Å²) >= 11 is 0. The van der Waals surface area contributed by atoms with Crippen molar-refractivity contribution in [2.75, 3.05) is 39.5 Å². The van der Waals surface area contributed by atoms with Gasteiger partial charge in [0.25, 0.3) is 0 Å². The van der Waals surface area contributed by atoms with Gasteiger partial charge in [-0.25, -0.2) is 4.98 Å². The number of likely N-dealkylation sites (N-methyl/N-ethyl adjacent to an activating group) is 2. The predicted octanol–water partition coefficient (Wildman–Crippen LogP) is -0.449. The van der Waals surface area contributed by atoms with Gasteiger partial charge in [-0.2, -0.15) is 9.97 Å². The molecule has 1 saturated heterocycles. The molecule has 1 aliphatic rings. The molecule has 2 N–H and O–H groups in total. The van der Waals surface area contributed by atoms with Crippen molar-refractivity contribution in [2.45, 2.75) is 19.4 Å². The van der Waals surface area contributed by atoms with Gasteiger partial charge in [-0.15, -0.1) is 0 Å². The molecule has 1 aromatic heterocycles. The molecular weight excluding hydrogens is 216 g/mol. The van der Waals surface area contributed by atoms with E-state index in [2.05, 4.69) is 38.8 Å². The number of aryl methyl sites for hydroxylation is 1. The first-order valence-electron chi connectivity index (χ1n) is 5.90. The van der Waals surface area contributed by atoms with E-state index in [9.17, 15) is 0 Å². The van der Waals surface area contributed by atoms with Gasteiger partial charge in [0.2, 0.25) is 5.95 Å². The van der Waals surface area contributed by atoms with Crippen molar-refractivity contribution in [1.29, 1.82) is 0 Å². The summed E-state index contributed by atoms with van der Waals surface area (Å²) in [4.78, 5) is 17.2. The normalized spacial score (nSPS) is 22.9. The molecule has 2 rings (SSSR count). The van der Waals surface area contributed by atoms with Crippen molar-refractivity contribution in [3.05, 3.63) is 11.6 Å². The van der Waals surface area contributed by atoms with Crippen LogP contribution in [-0.4, -0.2) is 64.5 Å². The van der Waals surface area contributed by atoms with Crippen LogP contribution in [0.25, 0.3) is 0 Å². The Bertz CT molecular complexity index is 373. The Morgan fingerprint density at radius 3 is 2.71 bits per heavy atom. The maximum atomic E-state index is 5.64. The Kier molecular flexibility index (Phi) is 3.54. The van der Waals surface area contributed by atoms with Crippen molar-refractivity contribution >= 4 is 5.95 Å². The number of nitrogen functional groups attached to an aromatic ring is 1. The highest BCUT2D eigenvalue weighted by Gasteiger charge is 2.23. The van der Waals surface area contributed by atoms with Crippen LogP contribution in [0, 0.1) is 6.92 Å². The molecule has 94 valence electrons. The second kappa shape index (κ2) is 4.93. The van der Waals surface area contributed by atoms with E-state index in [-0.39, 0.29) is 0 Å². The summed E-state index contributed by atoms with van der Waals surface area (Å²) in [6.45, 7) is 5.09. The highest BCUT2D eigenvalue weighted by molar-refractivity contribution is 5.15. The van der Waals surface area contributed by atoms with Gasteiger partial charge >= 0.3 is 0 Å². The summed E-state index contributed by atoms with van der Waals surface area (Å²) in [5.41, 5.74) is 5.64. The van der Waals surface area contributed by atoms with E-state index in [0.717, 1.165) is 31.9 Å². The third kappa shape index (κ3) is 3.10. The standard InChI is InChI=1S/C11H20N6/c1-8-13-10(15-11(12)14-8)6-9-7-16(2)4-5-17(9)3/h9H,4-7H2,1-3H3,(H2,12,13,14,15). The first-order valence-corrected chi connectivity index (χ1v) is 5.90. The number of rotatable bonds is 2. The lowest BCUT2D eigenvalue weighted by atomic mass is 10.1. The van der Waals surface area contributed by atoms with Crippen LogP contribution < -0.4 is 5.73 Å². The molecule has 6 nitrogen and oxygen atoms in total. The number of hydrogen-bond donors (Lipinski definition) is 1. The molecule has 0 amide bonds. The molecule has 17 heavy (non-hydrogen) atoms. The number of piperazine rings is 1. The number of nitrogens with two attached hydrogens (primary N) is 1. The minimum absolute atomic E-state index is 0.319. The average Bonchev–Trinajstić information content (AvgIpc) is 2.22. The predicted molar refractivity (Wildman–Crippen MR) is 66.6 cm³/mol. The van der Waals surface area contributed by atoms with Crippen LogP contribution in [0.3, 0.4) is 0 Å². The molecule has 0 spiro atoms. The van der Waals surface area contributed by atoms with Crippen LogP contribution in [0.5, 0.6) is 0 Å². The fourth-order valence-corrected chi connectivity index (χ4v) is 2.18. The second-order valence-corrected chi connectivity index (χ2v) is 4.76. The van der Waals surface area contributed by atoms with Crippen LogP contribution in [0.15, 0.2) is 0 Å². The zero-order valence-electron chi connectivity index (χ0n) is 10.7. The summed E-state index contributed by atoms with van der Waals surface area (Å²) in [7, 11) is 4.29. The van der Waals surface area contributed by atoms with Crippen molar-refractivity contribution in [3.63, 3.8) is 0 Å². The Morgan fingerprint density at radius 2 is 2.00 bits per heavy atom. The van der Waals surface area contributed by atoms with Gasteiger partial charge in [0.1, 0.15) is 11.6 Å². The number of aromatic nitrogens is 3. The first-order chi connectivity index (χ1) is 8.04. The zero-order valence-corrected chi connectivity index (χ0v) is 10.7. The average molecular weight is 236 g/mol. The zero-order chi connectivity index (χ0) is 12.4. The van der Waals surface area contributed by atoms with E-state index in [1.54, 1.807) is 0 Å². The van der Waals surface area contributed by atoms with Crippen molar-refractivity contribution in [3.8, 4) is 0 Å². The third-order valence-electron chi connectivity index (χ3n) is 3.21. The van der Waals surface area contributed by atoms with E-state index in [1.165, 1.54) is 0 Å². The van der Waals surface area contributed by atoms with Crippen LogP contribution in [0.1, 0.15) is 11.6 Å². The molecule has 1 fully saturated rings. The van der Waals surface area contributed by atoms with Gasteiger partial charge < -0.3 is 15.5 Å². The largest absolute Gasteiger partial charge is 0.368 e. The Hall–Kier alpha value is -1.27. The van der Waals surface area contributed by atoms with E-state index in [0.29, 0.717) is 17.8 Å². The Labute approximate surface area is 102 Å². The smallest absolute Gasteiger partial charge is 0.223 e. The summed E-state index contributed by atoms with van der Waals surface area (Å²) in [6.07, 6.45) is 0.828. The summed E-state index contributed by atoms with van der Waals surface area (Å²) in [5.74, 6) is 1.81. The number of hydrogen-bond acceptors (Lipinski definition) is 6. The Balaban J connectivity index is 2.08. The van der Waals surface area contributed by atoms with E-state index < -0.39 is 0 Å². The molecule has 1 unspecified atom stereocenters. The highest BCUT2D eigenvalue weighted by Crippen LogP contribution is 2.10. The third-order valence-corrected chi connectivity index (χ3v) is 3.21. The molecule has 6 heteroatoms. The molecule has 0 saturated carbocycles. The Morgan fingerprint density at radius 1 is 1.24 bits per heavy atom. The maximum absolute atomic E-state index is 5.64. The highest BCUT2D eigenvalue weighted by atomic mass is 15.3. The quantitative estimate of drug-likeness (QED) is 0.750. The lowest BCUT2D eigenvalue weighted by Crippen LogP contribution is -2.51. The van der Waals surface area contributed by atoms with Crippen molar-refractivity contribution < 1.29 is 0 Å². The SMILES string of the molecule is Cc1nc(N)nc(CC2CN(C)CCN2C)n1. The first kappa shape index (κ1) is 12.2. The van der Waals surface area contributed by atoms with E-state index >= 15 is 0 Å². The second-order valence-electron chi connectivity index (χ2n) is 4.76. The lowest BCUT2D eigenvalue weighted by molar-refractivity contribution is 0.113. The van der Waals surface area contributed by atoms with E-state index in [1.807, 2.05) is 6.92 Å². The number of anilines is 1. The van der Waals surface area contributed by atoms with Gasteiger partial charge in [0, 0.05) is 32.1 Å².